The summed E-state index contributed by atoms with van der Waals surface area (Å²) in [7, 11) is -3.78. The van der Waals surface area contributed by atoms with Gasteiger partial charge in [0.2, 0.25) is 15.9 Å². The van der Waals surface area contributed by atoms with Crippen LogP contribution < -0.4 is 5.32 Å². The molecule has 0 spiro atoms. The Morgan fingerprint density at radius 1 is 1.19 bits per heavy atom. The maximum atomic E-state index is 13.1. The molecule has 4 rings (SSSR count). The molecule has 3 aromatic rings. The molecule has 32 heavy (non-hydrogen) atoms. The smallest absolute Gasteiger partial charge is 0.248 e. The van der Waals surface area contributed by atoms with E-state index < -0.39 is 15.9 Å². The van der Waals surface area contributed by atoms with E-state index in [4.69, 9.17) is 4.52 Å². The number of pyridine rings is 2. The molecule has 4 heterocycles. The van der Waals surface area contributed by atoms with Gasteiger partial charge in [-0.2, -0.15) is 4.31 Å². The molecule has 9 nitrogen and oxygen atoms in total. The molecule has 11 heteroatoms. The van der Waals surface area contributed by atoms with Crippen LogP contribution in [-0.2, 0) is 14.8 Å². The number of aryl methyl sites for hydroxylation is 2. The van der Waals surface area contributed by atoms with E-state index in [0.717, 1.165) is 5.03 Å². The van der Waals surface area contributed by atoms with Crippen molar-refractivity contribution in [2.24, 2.45) is 5.92 Å². The Labute approximate surface area is 190 Å². The highest BCUT2D eigenvalue weighted by molar-refractivity contribution is 7.99. The number of rotatable bonds is 6. The van der Waals surface area contributed by atoms with Crippen molar-refractivity contribution in [3.63, 3.8) is 0 Å². The predicted molar refractivity (Wildman–Crippen MR) is 119 cm³/mol. The fourth-order valence-corrected chi connectivity index (χ4v) is 6.24. The average Bonchev–Trinajstić information content (AvgIpc) is 3.13. The fraction of sp³-hybridized carbons (Fsp3) is 0.333. The van der Waals surface area contributed by atoms with Gasteiger partial charge in [0, 0.05) is 31.2 Å². The molecule has 0 radical (unpaired) electrons. The zero-order valence-electron chi connectivity index (χ0n) is 17.7. The van der Waals surface area contributed by atoms with Crippen LogP contribution in [0.4, 0.5) is 5.69 Å². The van der Waals surface area contributed by atoms with E-state index in [1.165, 1.54) is 16.1 Å². The number of amides is 1. The highest BCUT2D eigenvalue weighted by Crippen LogP contribution is 2.29. The second-order valence-corrected chi connectivity index (χ2v) is 10.4. The van der Waals surface area contributed by atoms with Crippen molar-refractivity contribution < 1.29 is 17.7 Å². The molecule has 0 aromatic carbocycles. The summed E-state index contributed by atoms with van der Waals surface area (Å²) in [6, 6.07) is 9.10. The summed E-state index contributed by atoms with van der Waals surface area (Å²) in [6.07, 6.45) is 4.54. The molecule has 1 saturated heterocycles. The Bertz CT molecular complexity index is 1190. The summed E-state index contributed by atoms with van der Waals surface area (Å²) in [5.74, 6) is -0.425. The van der Waals surface area contributed by atoms with Gasteiger partial charge in [0.25, 0.3) is 0 Å². The van der Waals surface area contributed by atoms with E-state index in [1.54, 1.807) is 38.4 Å². The molecular weight excluding hydrogens is 450 g/mol. The number of piperidine rings is 1. The van der Waals surface area contributed by atoms with Crippen molar-refractivity contribution in [3.8, 4) is 0 Å². The number of sulfonamides is 1. The first-order valence-corrected chi connectivity index (χ1v) is 12.4. The molecule has 0 saturated carbocycles. The fourth-order valence-electron chi connectivity index (χ4n) is 3.65. The third-order valence-corrected chi connectivity index (χ3v) is 8.16. The van der Waals surface area contributed by atoms with Crippen LogP contribution in [0.1, 0.15) is 24.3 Å². The molecule has 1 unspecified atom stereocenters. The van der Waals surface area contributed by atoms with Gasteiger partial charge < -0.3 is 9.84 Å². The van der Waals surface area contributed by atoms with E-state index in [2.05, 4.69) is 20.4 Å². The molecule has 1 atom stereocenters. The van der Waals surface area contributed by atoms with Crippen LogP contribution in [0.5, 0.6) is 0 Å². The van der Waals surface area contributed by atoms with Crippen LogP contribution in [0.2, 0.25) is 0 Å². The number of hydrogen-bond donors (Lipinski definition) is 1. The Hall–Kier alpha value is -2.76. The van der Waals surface area contributed by atoms with E-state index >= 15 is 0 Å². The Morgan fingerprint density at radius 3 is 2.72 bits per heavy atom. The van der Waals surface area contributed by atoms with Gasteiger partial charge in [0.1, 0.15) is 20.6 Å². The van der Waals surface area contributed by atoms with Crippen molar-refractivity contribution in [1.82, 2.24) is 19.4 Å². The van der Waals surface area contributed by atoms with Crippen molar-refractivity contribution in [1.29, 1.82) is 0 Å². The van der Waals surface area contributed by atoms with Crippen LogP contribution in [0.15, 0.2) is 62.2 Å². The summed E-state index contributed by atoms with van der Waals surface area (Å²) in [5, 5.41) is 8.16. The molecule has 1 amide bonds. The van der Waals surface area contributed by atoms with Crippen LogP contribution in [0, 0.1) is 19.8 Å². The molecule has 3 aromatic heterocycles. The molecule has 0 bridgehead atoms. The first-order valence-electron chi connectivity index (χ1n) is 10.1. The molecule has 0 aliphatic carbocycles. The topological polar surface area (TPSA) is 118 Å². The van der Waals surface area contributed by atoms with Crippen LogP contribution in [-0.4, -0.2) is 46.8 Å². The largest absolute Gasteiger partial charge is 0.360 e. The highest BCUT2D eigenvalue weighted by atomic mass is 32.2. The Morgan fingerprint density at radius 2 is 2.00 bits per heavy atom. The average molecular weight is 474 g/mol. The van der Waals surface area contributed by atoms with Gasteiger partial charge in [-0.15, -0.1) is 0 Å². The number of carbonyl (C=O) groups is 1. The lowest BCUT2D eigenvalue weighted by Gasteiger charge is -2.31. The maximum absolute atomic E-state index is 13.1. The van der Waals surface area contributed by atoms with Crippen molar-refractivity contribution in [2.75, 3.05) is 18.4 Å². The van der Waals surface area contributed by atoms with Gasteiger partial charge in [0.05, 0.1) is 5.92 Å². The van der Waals surface area contributed by atoms with Gasteiger partial charge in [-0.1, -0.05) is 23.0 Å². The minimum Gasteiger partial charge on any atom is -0.360 e. The first-order chi connectivity index (χ1) is 15.3. The lowest BCUT2D eigenvalue weighted by Crippen LogP contribution is -2.43. The molecule has 1 N–H and O–H groups in total. The third kappa shape index (κ3) is 4.84. The Balaban J connectivity index is 1.44. The van der Waals surface area contributed by atoms with E-state index in [9.17, 15) is 13.2 Å². The molecule has 1 aliphatic rings. The standard InChI is InChI=1S/C21H23N5O4S2/c1-14-20(15(2)30-25-14)32(28,29)26-11-5-6-16(13-26)21(27)24-17-8-10-23-19(12-17)31-18-7-3-4-9-22-18/h3-4,7-10,12,16H,5-6,11,13H2,1-2H3,(H,23,24,27). The van der Waals surface area contributed by atoms with Crippen LogP contribution >= 0.6 is 11.8 Å². The molecule has 1 aliphatic heterocycles. The zero-order chi connectivity index (χ0) is 22.7. The number of aromatic nitrogens is 3. The van der Waals surface area contributed by atoms with Gasteiger partial charge >= 0.3 is 0 Å². The van der Waals surface area contributed by atoms with E-state index in [-0.39, 0.29) is 23.1 Å². The van der Waals surface area contributed by atoms with Gasteiger partial charge in [-0.25, -0.2) is 18.4 Å². The Kier molecular flexibility index (Phi) is 6.58. The zero-order valence-corrected chi connectivity index (χ0v) is 19.3. The minimum atomic E-state index is -3.78. The first kappa shape index (κ1) is 22.4. The molecule has 168 valence electrons. The van der Waals surface area contributed by atoms with E-state index in [0.29, 0.717) is 35.8 Å². The summed E-state index contributed by atoms with van der Waals surface area (Å²) < 4.78 is 32.6. The highest BCUT2D eigenvalue weighted by Gasteiger charge is 2.36. The predicted octanol–water partition coefficient (Wildman–Crippen LogP) is 3.27. The van der Waals surface area contributed by atoms with Gasteiger partial charge in [0.15, 0.2) is 5.76 Å². The molecular formula is C21H23N5O4S2. The van der Waals surface area contributed by atoms with Gasteiger partial charge in [-0.3, -0.25) is 4.79 Å². The third-order valence-electron chi connectivity index (χ3n) is 5.17. The summed E-state index contributed by atoms with van der Waals surface area (Å²) >= 11 is 1.39. The second kappa shape index (κ2) is 9.39. The van der Waals surface area contributed by atoms with E-state index in [1.807, 2.05) is 18.2 Å². The van der Waals surface area contributed by atoms with Crippen molar-refractivity contribution in [3.05, 3.63) is 54.2 Å². The van der Waals surface area contributed by atoms with Crippen LogP contribution in [0.3, 0.4) is 0 Å². The minimum absolute atomic E-state index is 0.0869. The quantitative estimate of drug-likeness (QED) is 0.579. The molecule has 1 fully saturated rings. The summed E-state index contributed by atoms with van der Waals surface area (Å²) in [5.41, 5.74) is 0.929. The number of hydrogen-bond acceptors (Lipinski definition) is 8. The normalized spacial score (nSPS) is 17.2. The summed E-state index contributed by atoms with van der Waals surface area (Å²) in [6.45, 7) is 3.64. The number of carbonyl (C=O) groups excluding carboxylic acids is 1. The van der Waals surface area contributed by atoms with Crippen LogP contribution in [0.25, 0.3) is 0 Å². The number of anilines is 1. The number of nitrogens with zero attached hydrogens (tertiary/aromatic N) is 4. The lowest BCUT2D eigenvalue weighted by atomic mass is 9.99. The van der Waals surface area contributed by atoms with Gasteiger partial charge in [-0.05, 0) is 51.0 Å². The monoisotopic (exact) mass is 473 g/mol. The van der Waals surface area contributed by atoms with Crippen molar-refractivity contribution in [2.45, 2.75) is 41.6 Å². The lowest BCUT2D eigenvalue weighted by molar-refractivity contribution is -0.120. The maximum Gasteiger partial charge on any atom is 0.248 e. The van der Waals surface area contributed by atoms with Crippen molar-refractivity contribution >= 4 is 33.4 Å². The second-order valence-electron chi connectivity index (χ2n) is 7.50. The SMILES string of the molecule is Cc1noc(C)c1S(=O)(=O)N1CCCC(C(=O)Nc2ccnc(Sc3ccccn3)c2)C1. The summed E-state index contributed by atoms with van der Waals surface area (Å²) in [4.78, 5) is 21.6. The number of nitrogens with one attached hydrogen (secondary N) is 1.